The van der Waals surface area contributed by atoms with Crippen LogP contribution in [0.1, 0.15) is 42.6 Å². The van der Waals surface area contributed by atoms with Crippen LogP contribution in [0.4, 0.5) is 0 Å². The molecule has 0 aliphatic heterocycles. The maximum Gasteiger partial charge on any atom is 0.253 e. The van der Waals surface area contributed by atoms with E-state index in [2.05, 4.69) is 11.6 Å². The highest BCUT2D eigenvalue weighted by Gasteiger charge is 2.23. The number of nitrogens with one attached hydrogen (secondary N) is 1. The molecular weight excluding hydrogens is 412 g/mol. The van der Waals surface area contributed by atoms with Crippen molar-refractivity contribution in [1.29, 1.82) is 0 Å². The molecule has 0 radical (unpaired) electrons. The standard InChI is InChI=1S/C21H27ClN2O4S/c1-4-6-13-24(5-2)21(25)17-9-12-19(28-3)20(14-17)29(26,27)23-15-16-7-10-18(22)11-8-16/h7-12,14,23H,4-6,13,15H2,1-3H3. The second-order valence-corrected chi connectivity index (χ2v) is 8.73. The Labute approximate surface area is 177 Å². The lowest BCUT2D eigenvalue weighted by atomic mass is 10.1. The Hall–Kier alpha value is -2.09. The zero-order chi connectivity index (χ0) is 21.4. The second-order valence-electron chi connectivity index (χ2n) is 6.56. The van der Waals surface area contributed by atoms with Gasteiger partial charge in [0.25, 0.3) is 5.91 Å². The Morgan fingerprint density at radius 3 is 2.41 bits per heavy atom. The van der Waals surface area contributed by atoms with Gasteiger partial charge in [0.05, 0.1) is 7.11 Å². The molecule has 2 aromatic rings. The van der Waals surface area contributed by atoms with Crippen LogP contribution in [0.15, 0.2) is 47.4 Å². The van der Waals surface area contributed by atoms with Gasteiger partial charge in [0, 0.05) is 30.2 Å². The molecule has 0 unspecified atom stereocenters. The van der Waals surface area contributed by atoms with E-state index >= 15 is 0 Å². The van der Waals surface area contributed by atoms with E-state index in [1.165, 1.54) is 19.2 Å². The summed E-state index contributed by atoms with van der Waals surface area (Å²) in [4.78, 5) is 14.5. The molecule has 8 heteroatoms. The normalized spacial score (nSPS) is 11.3. The summed E-state index contributed by atoms with van der Waals surface area (Å²) in [6, 6.07) is 11.4. The van der Waals surface area contributed by atoms with Gasteiger partial charge in [-0.3, -0.25) is 4.79 Å². The Kier molecular flexibility index (Phi) is 8.49. The molecule has 0 fully saturated rings. The zero-order valence-corrected chi connectivity index (χ0v) is 18.5. The first-order valence-electron chi connectivity index (χ1n) is 9.53. The Balaban J connectivity index is 2.28. The first-order chi connectivity index (χ1) is 13.8. The number of halogens is 1. The number of carbonyl (C=O) groups excluding carboxylic acids is 1. The van der Waals surface area contributed by atoms with Crippen LogP contribution in [-0.4, -0.2) is 39.4 Å². The van der Waals surface area contributed by atoms with E-state index in [-0.39, 0.29) is 23.1 Å². The topological polar surface area (TPSA) is 75.7 Å². The van der Waals surface area contributed by atoms with Gasteiger partial charge in [-0.25, -0.2) is 13.1 Å². The van der Waals surface area contributed by atoms with Crippen LogP contribution in [0.3, 0.4) is 0 Å². The summed E-state index contributed by atoms with van der Waals surface area (Å²) in [5, 5.41) is 0.577. The Bertz CT molecular complexity index is 930. The molecule has 1 N–H and O–H groups in total. The fourth-order valence-electron chi connectivity index (χ4n) is 2.81. The van der Waals surface area contributed by atoms with Crippen molar-refractivity contribution in [3.63, 3.8) is 0 Å². The van der Waals surface area contributed by atoms with Crippen molar-refractivity contribution in [1.82, 2.24) is 9.62 Å². The first kappa shape index (κ1) is 23.2. The molecule has 0 aromatic heterocycles. The number of unbranched alkanes of at least 4 members (excludes halogenated alkanes) is 1. The maximum absolute atomic E-state index is 12.9. The molecule has 0 saturated carbocycles. The van der Waals surface area contributed by atoms with Crippen molar-refractivity contribution in [3.8, 4) is 5.75 Å². The summed E-state index contributed by atoms with van der Waals surface area (Å²) in [6.07, 6.45) is 1.87. The number of hydrogen-bond acceptors (Lipinski definition) is 4. The SMILES string of the molecule is CCCCN(CC)C(=O)c1ccc(OC)c(S(=O)(=O)NCc2ccc(Cl)cc2)c1. The predicted molar refractivity (Wildman–Crippen MR) is 115 cm³/mol. The Morgan fingerprint density at radius 1 is 1.14 bits per heavy atom. The third-order valence-electron chi connectivity index (χ3n) is 4.53. The van der Waals surface area contributed by atoms with Crippen molar-refractivity contribution in [2.75, 3.05) is 20.2 Å². The minimum Gasteiger partial charge on any atom is -0.495 e. The summed E-state index contributed by atoms with van der Waals surface area (Å²) in [6.45, 7) is 5.25. The van der Waals surface area contributed by atoms with Crippen LogP contribution in [0.2, 0.25) is 5.02 Å². The van der Waals surface area contributed by atoms with Crippen molar-refractivity contribution in [2.45, 2.75) is 38.1 Å². The van der Waals surface area contributed by atoms with Gasteiger partial charge in [0.15, 0.2) is 0 Å². The molecule has 2 rings (SSSR count). The highest BCUT2D eigenvalue weighted by atomic mass is 35.5. The zero-order valence-electron chi connectivity index (χ0n) is 16.9. The van der Waals surface area contributed by atoms with Gasteiger partial charge in [-0.2, -0.15) is 0 Å². The Morgan fingerprint density at radius 2 is 1.83 bits per heavy atom. The molecule has 0 aliphatic rings. The van der Waals surface area contributed by atoms with Crippen LogP contribution in [0, 0.1) is 0 Å². The lowest BCUT2D eigenvalue weighted by molar-refractivity contribution is 0.0762. The van der Waals surface area contributed by atoms with Gasteiger partial charge in [-0.15, -0.1) is 0 Å². The highest BCUT2D eigenvalue weighted by Crippen LogP contribution is 2.26. The van der Waals surface area contributed by atoms with E-state index in [9.17, 15) is 13.2 Å². The summed E-state index contributed by atoms with van der Waals surface area (Å²) in [5.74, 6) is -0.0143. The van der Waals surface area contributed by atoms with E-state index in [0.717, 1.165) is 18.4 Å². The molecular formula is C21H27ClN2O4S. The lowest BCUT2D eigenvalue weighted by Gasteiger charge is -2.21. The molecule has 1 amide bonds. The van der Waals surface area contributed by atoms with Gasteiger partial charge < -0.3 is 9.64 Å². The quantitative estimate of drug-likeness (QED) is 0.606. The molecule has 6 nitrogen and oxygen atoms in total. The monoisotopic (exact) mass is 438 g/mol. The van der Waals surface area contributed by atoms with Crippen LogP contribution in [0.5, 0.6) is 5.75 Å². The predicted octanol–water partition coefficient (Wildman–Crippen LogP) is 4.09. The number of sulfonamides is 1. The number of carbonyl (C=O) groups is 1. The second kappa shape index (κ2) is 10.6. The number of amides is 1. The van der Waals surface area contributed by atoms with Gasteiger partial charge in [-0.1, -0.05) is 37.1 Å². The summed E-state index contributed by atoms with van der Waals surface area (Å²) < 4.78 is 33.6. The van der Waals surface area contributed by atoms with Gasteiger partial charge >= 0.3 is 0 Å². The van der Waals surface area contributed by atoms with Gasteiger partial charge in [-0.05, 0) is 49.2 Å². The van der Waals surface area contributed by atoms with Crippen LogP contribution in [-0.2, 0) is 16.6 Å². The third-order valence-corrected chi connectivity index (χ3v) is 6.20. The number of rotatable bonds is 10. The van der Waals surface area contributed by atoms with E-state index in [1.54, 1.807) is 35.2 Å². The number of methoxy groups -OCH3 is 1. The number of nitrogens with zero attached hydrogens (tertiary/aromatic N) is 1. The molecule has 0 bridgehead atoms. The van der Waals surface area contributed by atoms with Crippen LogP contribution < -0.4 is 9.46 Å². The van der Waals surface area contributed by atoms with Crippen molar-refractivity contribution < 1.29 is 17.9 Å². The molecule has 0 aliphatic carbocycles. The van der Waals surface area contributed by atoms with Gasteiger partial charge in [0.2, 0.25) is 10.0 Å². The molecule has 158 valence electrons. The average Bonchev–Trinajstić information content (AvgIpc) is 2.73. The van der Waals surface area contributed by atoms with E-state index < -0.39 is 10.0 Å². The number of hydrogen-bond donors (Lipinski definition) is 1. The lowest BCUT2D eigenvalue weighted by Crippen LogP contribution is -2.32. The maximum atomic E-state index is 12.9. The summed E-state index contributed by atoms with van der Waals surface area (Å²) >= 11 is 5.86. The number of ether oxygens (including phenoxy) is 1. The van der Waals surface area contributed by atoms with Crippen molar-refractivity contribution >= 4 is 27.5 Å². The first-order valence-corrected chi connectivity index (χ1v) is 11.4. The number of benzene rings is 2. The average molecular weight is 439 g/mol. The molecule has 0 saturated heterocycles. The fraction of sp³-hybridized carbons (Fsp3) is 0.381. The van der Waals surface area contributed by atoms with E-state index in [0.29, 0.717) is 23.7 Å². The molecule has 2 aromatic carbocycles. The van der Waals surface area contributed by atoms with Crippen LogP contribution >= 0.6 is 11.6 Å². The molecule has 0 heterocycles. The van der Waals surface area contributed by atoms with Crippen LogP contribution in [0.25, 0.3) is 0 Å². The summed E-state index contributed by atoms with van der Waals surface area (Å²) in [5.41, 5.74) is 1.08. The fourth-order valence-corrected chi connectivity index (χ4v) is 4.15. The summed E-state index contributed by atoms with van der Waals surface area (Å²) in [7, 11) is -2.50. The minimum absolute atomic E-state index is 0.0636. The highest BCUT2D eigenvalue weighted by molar-refractivity contribution is 7.89. The molecule has 29 heavy (non-hydrogen) atoms. The largest absolute Gasteiger partial charge is 0.495 e. The molecule has 0 spiro atoms. The van der Waals surface area contributed by atoms with E-state index in [4.69, 9.17) is 16.3 Å². The molecule has 0 atom stereocenters. The van der Waals surface area contributed by atoms with Gasteiger partial charge in [0.1, 0.15) is 10.6 Å². The van der Waals surface area contributed by atoms with Crippen molar-refractivity contribution in [3.05, 3.63) is 58.6 Å². The minimum atomic E-state index is -3.90. The third kappa shape index (κ3) is 6.19. The van der Waals surface area contributed by atoms with Crippen molar-refractivity contribution in [2.24, 2.45) is 0 Å². The smallest absolute Gasteiger partial charge is 0.253 e. The van der Waals surface area contributed by atoms with E-state index in [1.807, 2.05) is 6.92 Å².